The van der Waals surface area contributed by atoms with Gasteiger partial charge < -0.3 is 19.5 Å². The molecule has 0 radical (unpaired) electrons. The molecule has 0 spiro atoms. The Balaban J connectivity index is 1.40. The Labute approximate surface area is 141 Å². The van der Waals surface area contributed by atoms with Crippen LogP contribution in [-0.4, -0.2) is 55.1 Å². The van der Waals surface area contributed by atoms with E-state index in [1.165, 1.54) is 5.56 Å². The van der Waals surface area contributed by atoms with E-state index >= 15 is 0 Å². The van der Waals surface area contributed by atoms with Gasteiger partial charge in [0, 0.05) is 32.1 Å². The number of carbonyl (C=O) groups is 1. The number of benzene rings is 1. The van der Waals surface area contributed by atoms with E-state index in [1.807, 2.05) is 23.1 Å². The molecule has 4 rings (SSSR count). The Morgan fingerprint density at radius 3 is 2.71 bits per heavy atom. The maximum Gasteiger partial charge on any atom is 0.298 e. The van der Waals surface area contributed by atoms with E-state index in [0.717, 1.165) is 50.4 Å². The number of amides is 1. The van der Waals surface area contributed by atoms with Crippen molar-refractivity contribution in [2.75, 3.05) is 44.2 Å². The average Bonchev–Trinajstić information content (AvgIpc) is 2.95. The van der Waals surface area contributed by atoms with Gasteiger partial charge in [0.1, 0.15) is 5.52 Å². The monoisotopic (exact) mass is 328 g/mol. The molecule has 2 fully saturated rings. The number of oxazole rings is 1. The molecule has 1 aromatic carbocycles. The molecule has 0 saturated carbocycles. The van der Waals surface area contributed by atoms with Crippen molar-refractivity contribution < 1.29 is 9.21 Å². The molecule has 6 heteroatoms. The number of aryl methyl sites for hydroxylation is 1. The number of hydrogen-bond acceptors (Lipinski definition) is 5. The van der Waals surface area contributed by atoms with Gasteiger partial charge in [-0.15, -0.1) is 0 Å². The summed E-state index contributed by atoms with van der Waals surface area (Å²) < 4.78 is 5.87. The van der Waals surface area contributed by atoms with Crippen molar-refractivity contribution in [3.63, 3.8) is 0 Å². The topological polar surface area (TPSA) is 61.6 Å². The van der Waals surface area contributed by atoms with Gasteiger partial charge in [0.05, 0.1) is 0 Å². The van der Waals surface area contributed by atoms with Crippen LogP contribution in [0.15, 0.2) is 22.6 Å². The molecule has 2 aliphatic rings. The first-order valence-electron chi connectivity index (χ1n) is 8.73. The molecule has 6 nitrogen and oxygen atoms in total. The zero-order chi connectivity index (χ0) is 16.7. The van der Waals surface area contributed by atoms with Crippen LogP contribution in [0.1, 0.15) is 12.5 Å². The molecule has 0 aliphatic carbocycles. The third-order valence-electron chi connectivity index (χ3n) is 5.30. The van der Waals surface area contributed by atoms with Crippen molar-refractivity contribution in [1.82, 2.24) is 15.2 Å². The lowest BCUT2D eigenvalue weighted by atomic mass is 9.88. The predicted molar refractivity (Wildman–Crippen MR) is 93.1 cm³/mol. The molecule has 1 amide bonds. The summed E-state index contributed by atoms with van der Waals surface area (Å²) in [7, 11) is 0. The Bertz CT molecular complexity index is 745. The second-order valence-corrected chi connectivity index (χ2v) is 6.99. The summed E-state index contributed by atoms with van der Waals surface area (Å²) in [5.74, 6) is 0.898. The number of hydrogen-bond donors (Lipinski definition) is 1. The molecule has 2 aliphatic heterocycles. The molecule has 2 aromatic rings. The molecular weight excluding hydrogens is 304 g/mol. The molecule has 2 saturated heterocycles. The molecule has 1 aromatic heterocycles. The maximum absolute atomic E-state index is 12.6. The lowest BCUT2D eigenvalue weighted by Gasteiger charge is -2.38. The third kappa shape index (κ3) is 2.75. The van der Waals surface area contributed by atoms with Crippen LogP contribution < -0.4 is 10.2 Å². The Morgan fingerprint density at radius 2 is 2.04 bits per heavy atom. The van der Waals surface area contributed by atoms with E-state index < -0.39 is 0 Å². The van der Waals surface area contributed by atoms with E-state index in [0.29, 0.717) is 11.9 Å². The summed E-state index contributed by atoms with van der Waals surface area (Å²) in [5, 5.41) is 3.25. The van der Waals surface area contributed by atoms with E-state index in [-0.39, 0.29) is 11.8 Å². The summed E-state index contributed by atoms with van der Waals surface area (Å²) in [5.41, 5.74) is 2.90. The van der Waals surface area contributed by atoms with Crippen molar-refractivity contribution in [3.8, 4) is 0 Å². The first-order valence-corrected chi connectivity index (χ1v) is 8.73. The number of rotatable bonds is 3. The number of nitrogens with one attached hydrogen (secondary N) is 1. The molecule has 1 N–H and O–H groups in total. The highest BCUT2D eigenvalue weighted by Crippen LogP contribution is 2.25. The van der Waals surface area contributed by atoms with E-state index in [2.05, 4.69) is 29.0 Å². The van der Waals surface area contributed by atoms with Crippen molar-refractivity contribution in [1.29, 1.82) is 0 Å². The average molecular weight is 328 g/mol. The van der Waals surface area contributed by atoms with Gasteiger partial charge >= 0.3 is 0 Å². The minimum absolute atomic E-state index is 0.116. The summed E-state index contributed by atoms with van der Waals surface area (Å²) >= 11 is 0. The maximum atomic E-state index is 12.6. The Kier molecular flexibility index (Phi) is 3.92. The van der Waals surface area contributed by atoms with Crippen molar-refractivity contribution >= 4 is 23.0 Å². The summed E-state index contributed by atoms with van der Waals surface area (Å²) in [6.07, 6.45) is 0. The fourth-order valence-corrected chi connectivity index (χ4v) is 3.43. The van der Waals surface area contributed by atoms with Crippen molar-refractivity contribution in [2.45, 2.75) is 13.8 Å². The van der Waals surface area contributed by atoms with Crippen LogP contribution in [0.2, 0.25) is 0 Å². The Morgan fingerprint density at radius 1 is 1.29 bits per heavy atom. The first-order chi connectivity index (χ1) is 11.6. The lowest BCUT2D eigenvalue weighted by Crippen LogP contribution is -2.54. The SMILES string of the molecule is Cc1ccc2oc(N3CCN(C(=O)C(C)C4CNC4)CC3)nc2c1. The molecule has 3 heterocycles. The molecule has 24 heavy (non-hydrogen) atoms. The number of anilines is 1. The highest BCUT2D eigenvalue weighted by molar-refractivity contribution is 5.79. The quantitative estimate of drug-likeness (QED) is 0.928. The smallest absolute Gasteiger partial charge is 0.298 e. The van der Waals surface area contributed by atoms with Gasteiger partial charge in [0.2, 0.25) is 5.91 Å². The van der Waals surface area contributed by atoms with Crippen LogP contribution >= 0.6 is 0 Å². The van der Waals surface area contributed by atoms with Crippen LogP contribution in [0.3, 0.4) is 0 Å². The van der Waals surface area contributed by atoms with Crippen molar-refractivity contribution in [3.05, 3.63) is 23.8 Å². The summed E-state index contributed by atoms with van der Waals surface area (Å²) in [6, 6.07) is 6.70. The minimum atomic E-state index is 0.116. The lowest BCUT2D eigenvalue weighted by molar-refractivity contribution is -0.137. The molecule has 0 bridgehead atoms. The van der Waals surface area contributed by atoms with Gasteiger partial charge in [0.25, 0.3) is 6.01 Å². The van der Waals surface area contributed by atoms with E-state index in [4.69, 9.17) is 4.42 Å². The second-order valence-electron chi connectivity index (χ2n) is 6.99. The highest BCUT2D eigenvalue weighted by Gasteiger charge is 2.33. The van der Waals surface area contributed by atoms with E-state index in [9.17, 15) is 4.79 Å². The van der Waals surface area contributed by atoms with Crippen LogP contribution in [0.25, 0.3) is 11.1 Å². The molecule has 128 valence electrons. The van der Waals surface area contributed by atoms with Gasteiger partial charge in [-0.05, 0) is 43.6 Å². The third-order valence-corrected chi connectivity index (χ3v) is 5.30. The number of aromatic nitrogens is 1. The summed E-state index contributed by atoms with van der Waals surface area (Å²) in [6.45, 7) is 9.06. The number of piperazine rings is 1. The normalized spacial score (nSPS) is 20.2. The van der Waals surface area contributed by atoms with E-state index in [1.54, 1.807) is 0 Å². The van der Waals surface area contributed by atoms with Gasteiger partial charge in [-0.1, -0.05) is 13.0 Å². The predicted octanol–water partition coefficient (Wildman–Crippen LogP) is 1.64. The summed E-state index contributed by atoms with van der Waals surface area (Å²) in [4.78, 5) is 21.3. The number of carbonyl (C=O) groups excluding carboxylic acids is 1. The first kappa shape index (κ1) is 15.4. The highest BCUT2D eigenvalue weighted by atomic mass is 16.4. The standard InChI is InChI=1S/C18H24N4O2/c1-12-3-4-16-15(9-12)20-18(24-16)22-7-5-21(6-8-22)17(23)13(2)14-10-19-11-14/h3-4,9,13-14,19H,5-8,10-11H2,1-2H3. The number of fused-ring (bicyclic) bond motifs is 1. The second kappa shape index (κ2) is 6.09. The van der Waals surface area contributed by atoms with Crippen LogP contribution in [0, 0.1) is 18.8 Å². The number of nitrogens with zero attached hydrogens (tertiary/aromatic N) is 3. The van der Waals surface area contributed by atoms with Crippen LogP contribution in [0.5, 0.6) is 0 Å². The molecule has 1 atom stereocenters. The van der Waals surface area contributed by atoms with Gasteiger partial charge in [-0.3, -0.25) is 4.79 Å². The molecular formula is C18H24N4O2. The van der Waals surface area contributed by atoms with Crippen molar-refractivity contribution in [2.24, 2.45) is 11.8 Å². The zero-order valence-corrected chi connectivity index (χ0v) is 14.3. The Hall–Kier alpha value is -2.08. The minimum Gasteiger partial charge on any atom is -0.423 e. The van der Waals surface area contributed by atoms with Gasteiger partial charge in [-0.25, -0.2) is 0 Å². The van der Waals surface area contributed by atoms with Gasteiger partial charge in [0.15, 0.2) is 5.58 Å². The fourth-order valence-electron chi connectivity index (χ4n) is 3.43. The van der Waals surface area contributed by atoms with Crippen LogP contribution in [0.4, 0.5) is 6.01 Å². The van der Waals surface area contributed by atoms with Crippen LogP contribution in [-0.2, 0) is 4.79 Å². The fraction of sp³-hybridized carbons (Fsp3) is 0.556. The molecule has 1 unspecified atom stereocenters. The van der Waals surface area contributed by atoms with Gasteiger partial charge in [-0.2, -0.15) is 4.98 Å². The largest absolute Gasteiger partial charge is 0.423 e. The zero-order valence-electron chi connectivity index (χ0n) is 14.3.